The van der Waals surface area contributed by atoms with Crippen LogP contribution in [0.25, 0.3) is 0 Å². The number of carbonyl (C=O) groups is 1. The molecular formula is C16H15FN2O2. The largest absolute Gasteiger partial charge is 0.494 e. The van der Waals surface area contributed by atoms with Crippen molar-refractivity contribution in [3.63, 3.8) is 0 Å². The number of halogens is 1. The smallest absolute Gasteiger partial charge is 0.278 e. The van der Waals surface area contributed by atoms with Gasteiger partial charge in [0.1, 0.15) is 0 Å². The Hall–Kier alpha value is -2.69. The summed E-state index contributed by atoms with van der Waals surface area (Å²) in [4.78, 5) is 12.5. The van der Waals surface area contributed by atoms with E-state index in [1.165, 1.54) is 25.5 Å². The third kappa shape index (κ3) is 3.25. The Balaban J connectivity index is 2.40. The number of nitrogens with zero attached hydrogens (tertiary/aromatic N) is 2. The van der Waals surface area contributed by atoms with Crippen LogP contribution in [0.4, 0.5) is 10.1 Å². The van der Waals surface area contributed by atoms with Crippen LogP contribution in [0, 0.1) is 5.82 Å². The average molecular weight is 286 g/mol. The number of hydrogen-bond donors (Lipinski definition) is 0. The number of hydrogen-bond acceptors (Lipinski definition) is 3. The molecule has 4 nitrogen and oxygen atoms in total. The van der Waals surface area contributed by atoms with Crippen LogP contribution in [0.2, 0.25) is 0 Å². The molecule has 0 fully saturated rings. The molecule has 0 heterocycles. The van der Waals surface area contributed by atoms with Crippen LogP contribution in [-0.4, -0.2) is 19.2 Å². The highest BCUT2D eigenvalue weighted by atomic mass is 19.1. The van der Waals surface area contributed by atoms with Gasteiger partial charge in [0.05, 0.1) is 12.8 Å². The normalized spacial score (nSPS) is 10.6. The molecule has 0 radical (unpaired) electrons. The summed E-state index contributed by atoms with van der Waals surface area (Å²) in [6, 6.07) is 13.0. The minimum absolute atomic E-state index is 0.117. The third-order valence-corrected chi connectivity index (χ3v) is 2.82. The van der Waals surface area contributed by atoms with E-state index in [2.05, 4.69) is 5.10 Å². The number of rotatable bonds is 4. The van der Waals surface area contributed by atoms with E-state index in [0.29, 0.717) is 11.3 Å². The number of benzene rings is 2. The highest BCUT2D eigenvalue weighted by Crippen LogP contribution is 2.25. The fraction of sp³-hybridized carbons (Fsp3) is 0.125. The van der Waals surface area contributed by atoms with Gasteiger partial charge in [-0.05, 0) is 31.2 Å². The van der Waals surface area contributed by atoms with Crippen molar-refractivity contribution >= 4 is 17.8 Å². The molecule has 21 heavy (non-hydrogen) atoms. The fourth-order valence-corrected chi connectivity index (χ4v) is 1.84. The van der Waals surface area contributed by atoms with Gasteiger partial charge in [-0.1, -0.05) is 18.2 Å². The van der Waals surface area contributed by atoms with Crippen molar-refractivity contribution in [2.45, 2.75) is 6.92 Å². The van der Waals surface area contributed by atoms with Gasteiger partial charge in [0.2, 0.25) is 0 Å². The molecule has 0 atom stereocenters. The Morgan fingerprint density at radius 1 is 1.24 bits per heavy atom. The Bertz CT molecular complexity index is 657. The molecule has 2 aromatic rings. The molecule has 0 aliphatic heterocycles. The van der Waals surface area contributed by atoms with Crippen LogP contribution < -0.4 is 9.75 Å². The zero-order chi connectivity index (χ0) is 15.2. The molecular weight excluding hydrogens is 271 g/mol. The summed E-state index contributed by atoms with van der Waals surface area (Å²) in [6.45, 7) is 1.69. The maximum Gasteiger partial charge on any atom is 0.278 e. The first kappa shape index (κ1) is 14.7. The van der Waals surface area contributed by atoms with E-state index in [-0.39, 0.29) is 11.7 Å². The van der Waals surface area contributed by atoms with Gasteiger partial charge in [-0.3, -0.25) is 4.79 Å². The number of methoxy groups -OCH3 is 1. The maximum absolute atomic E-state index is 13.8. The van der Waals surface area contributed by atoms with Crippen LogP contribution in [0.1, 0.15) is 17.3 Å². The highest BCUT2D eigenvalue weighted by Gasteiger charge is 2.18. The molecule has 0 bridgehead atoms. The molecule has 0 spiro atoms. The first-order valence-corrected chi connectivity index (χ1v) is 6.39. The second-order valence-corrected chi connectivity index (χ2v) is 4.18. The molecule has 0 N–H and O–H groups in total. The SMILES string of the molecule is C/C=N\N(C(=O)c1ccccc1)c1ccc(OC)c(F)c1. The predicted molar refractivity (Wildman–Crippen MR) is 80.4 cm³/mol. The average Bonchev–Trinajstić information content (AvgIpc) is 2.52. The maximum atomic E-state index is 13.8. The van der Waals surface area contributed by atoms with Crippen molar-refractivity contribution in [2.24, 2.45) is 5.10 Å². The first-order chi connectivity index (χ1) is 10.2. The Kier molecular flexibility index (Phi) is 4.66. The van der Waals surface area contributed by atoms with Crippen LogP contribution in [0.5, 0.6) is 5.75 Å². The molecule has 0 saturated heterocycles. The van der Waals surface area contributed by atoms with E-state index in [1.807, 2.05) is 6.07 Å². The van der Waals surface area contributed by atoms with Crippen molar-refractivity contribution < 1.29 is 13.9 Å². The van der Waals surface area contributed by atoms with E-state index < -0.39 is 5.82 Å². The lowest BCUT2D eigenvalue weighted by Crippen LogP contribution is -2.25. The molecule has 0 saturated carbocycles. The van der Waals surface area contributed by atoms with Gasteiger partial charge in [0.25, 0.3) is 5.91 Å². The van der Waals surface area contributed by atoms with Gasteiger partial charge in [-0.15, -0.1) is 0 Å². The van der Waals surface area contributed by atoms with Crippen molar-refractivity contribution in [1.29, 1.82) is 0 Å². The van der Waals surface area contributed by atoms with E-state index >= 15 is 0 Å². The fourth-order valence-electron chi connectivity index (χ4n) is 1.84. The molecule has 2 rings (SSSR count). The number of anilines is 1. The lowest BCUT2D eigenvalue weighted by molar-refractivity contribution is 0.0987. The van der Waals surface area contributed by atoms with Gasteiger partial charge in [0, 0.05) is 17.8 Å². The minimum Gasteiger partial charge on any atom is -0.494 e. The molecule has 108 valence electrons. The van der Waals surface area contributed by atoms with Crippen LogP contribution in [-0.2, 0) is 0 Å². The lowest BCUT2D eigenvalue weighted by Gasteiger charge is -2.17. The summed E-state index contributed by atoms with van der Waals surface area (Å²) in [5.74, 6) is -0.767. The monoisotopic (exact) mass is 286 g/mol. The minimum atomic E-state index is -0.549. The molecule has 5 heteroatoms. The van der Waals surface area contributed by atoms with Crippen molar-refractivity contribution in [2.75, 3.05) is 12.1 Å². The topological polar surface area (TPSA) is 41.9 Å². The zero-order valence-electron chi connectivity index (χ0n) is 11.8. The van der Waals surface area contributed by atoms with Crippen molar-refractivity contribution in [3.05, 3.63) is 59.9 Å². The molecule has 0 aliphatic rings. The van der Waals surface area contributed by atoms with Crippen LogP contribution in [0.3, 0.4) is 0 Å². The van der Waals surface area contributed by atoms with Crippen LogP contribution in [0.15, 0.2) is 53.6 Å². The number of carbonyl (C=O) groups excluding carboxylic acids is 1. The first-order valence-electron chi connectivity index (χ1n) is 6.39. The summed E-state index contributed by atoms with van der Waals surface area (Å²) >= 11 is 0. The van der Waals surface area contributed by atoms with Gasteiger partial charge >= 0.3 is 0 Å². The van der Waals surface area contributed by atoms with Gasteiger partial charge < -0.3 is 4.74 Å². The third-order valence-electron chi connectivity index (χ3n) is 2.82. The number of amides is 1. The summed E-state index contributed by atoms with van der Waals surface area (Å²) in [6.07, 6.45) is 1.48. The van der Waals surface area contributed by atoms with Gasteiger partial charge in [-0.25, -0.2) is 4.39 Å². The quantitative estimate of drug-likeness (QED) is 0.638. The summed E-state index contributed by atoms with van der Waals surface area (Å²) in [5, 5.41) is 5.17. The van der Waals surface area contributed by atoms with E-state index in [9.17, 15) is 9.18 Å². The summed E-state index contributed by atoms with van der Waals surface area (Å²) < 4.78 is 18.7. The molecule has 0 aromatic heterocycles. The highest BCUT2D eigenvalue weighted by molar-refractivity contribution is 6.06. The molecule has 0 unspecified atom stereocenters. The lowest BCUT2D eigenvalue weighted by atomic mass is 10.2. The Morgan fingerprint density at radius 3 is 2.52 bits per heavy atom. The van der Waals surface area contributed by atoms with Crippen LogP contribution >= 0.6 is 0 Å². The Morgan fingerprint density at radius 2 is 1.95 bits per heavy atom. The zero-order valence-corrected chi connectivity index (χ0v) is 11.8. The Labute approximate surface area is 122 Å². The second kappa shape index (κ2) is 6.65. The number of ether oxygens (including phenoxy) is 1. The van der Waals surface area contributed by atoms with E-state index in [4.69, 9.17) is 4.74 Å². The van der Waals surface area contributed by atoms with Gasteiger partial charge in [0.15, 0.2) is 11.6 Å². The molecule has 0 aliphatic carbocycles. The van der Waals surface area contributed by atoms with Crippen molar-refractivity contribution in [3.8, 4) is 5.75 Å². The number of hydrazone groups is 1. The summed E-state index contributed by atoms with van der Waals surface area (Å²) in [5.41, 5.74) is 0.805. The van der Waals surface area contributed by atoms with E-state index in [0.717, 1.165) is 5.01 Å². The predicted octanol–water partition coefficient (Wildman–Crippen LogP) is 3.49. The standard InChI is InChI=1S/C16H15FN2O2/c1-3-18-19(16(20)12-7-5-4-6-8-12)13-9-10-15(21-2)14(17)11-13/h3-11H,1-2H3/b18-3-. The summed E-state index contributed by atoms with van der Waals surface area (Å²) in [7, 11) is 1.38. The second-order valence-electron chi connectivity index (χ2n) is 4.18. The van der Waals surface area contributed by atoms with Crippen molar-refractivity contribution in [1.82, 2.24) is 0 Å². The van der Waals surface area contributed by atoms with E-state index in [1.54, 1.807) is 37.3 Å². The molecule has 1 amide bonds. The molecule has 2 aromatic carbocycles. The van der Waals surface area contributed by atoms with Gasteiger partial charge in [-0.2, -0.15) is 10.1 Å².